The number of hydrogen-bond donors (Lipinski definition) is 1. The Kier molecular flexibility index (Phi) is 1.99. The molecule has 82 valence electrons. The minimum absolute atomic E-state index is 0.348. The number of aromatic nitrogens is 3. The van der Waals surface area contributed by atoms with Gasteiger partial charge in [-0.05, 0) is 25.0 Å². The molecule has 0 aliphatic heterocycles. The molecular formula is C11H9F2N3. The van der Waals surface area contributed by atoms with E-state index in [-0.39, 0.29) is 0 Å². The van der Waals surface area contributed by atoms with Gasteiger partial charge in [0.15, 0.2) is 5.82 Å². The van der Waals surface area contributed by atoms with Gasteiger partial charge in [-0.3, -0.25) is 5.10 Å². The maximum atomic E-state index is 13.0. The summed E-state index contributed by atoms with van der Waals surface area (Å²) in [6.45, 7) is 0. The summed E-state index contributed by atoms with van der Waals surface area (Å²) in [5, 5.41) is 6.76. The minimum Gasteiger partial charge on any atom is -0.262 e. The van der Waals surface area contributed by atoms with Crippen molar-refractivity contribution in [1.82, 2.24) is 15.2 Å². The fraction of sp³-hybridized carbons (Fsp3) is 0.273. The van der Waals surface area contributed by atoms with Crippen LogP contribution >= 0.6 is 0 Å². The zero-order valence-electron chi connectivity index (χ0n) is 8.37. The van der Waals surface area contributed by atoms with E-state index >= 15 is 0 Å². The van der Waals surface area contributed by atoms with Crippen LogP contribution in [0.25, 0.3) is 11.4 Å². The van der Waals surface area contributed by atoms with Crippen molar-refractivity contribution in [2.24, 2.45) is 0 Å². The molecule has 5 heteroatoms. The summed E-state index contributed by atoms with van der Waals surface area (Å²) in [4.78, 5) is 4.22. The normalized spacial score (nSPS) is 15.4. The number of hydrogen-bond acceptors (Lipinski definition) is 2. The highest BCUT2D eigenvalue weighted by Gasteiger charge is 2.27. The Morgan fingerprint density at radius 2 is 1.81 bits per heavy atom. The van der Waals surface area contributed by atoms with Gasteiger partial charge in [0.25, 0.3) is 0 Å². The zero-order valence-corrected chi connectivity index (χ0v) is 8.37. The van der Waals surface area contributed by atoms with E-state index in [0.717, 1.165) is 24.7 Å². The van der Waals surface area contributed by atoms with Crippen LogP contribution in [0.5, 0.6) is 0 Å². The Morgan fingerprint density at radius 3 is 2.44 bits per heavy atom. The van der Waals surface area contributed by atoms with Gasteiger partial charge < -0.3 is 0 Å². The molecule has 0 spiro atoms. The summed E-state index contributed by atoms with van der Waals surface area (Å²) in [6.07, 6.45) is 2.21. The van der Waals surface area contributed by atoms with Crippen molar-refractivity contribution in [2.45, 2.75) is 18.8 Å². The Hall–Kier alpha value is -1.78. The Morgan fingerprint density at radius 1 is 1.12 bits per heavy atom. The van der Waals surface area contributed by atoms with Crippen molar-refractivity contribution in [1.29, 1.82) is 0 Å². The number of nitrogens with zero attached hydrogens (tertiary/aromatic N) is 2. The molecule has 1 N–H and O–H groups in total. The van der Waals surface area contributed by atoms with Crippen LogP contribution in [0.2, 0.25) is 0 Å². The van der Waals surface area contributed by atoms with Crippen LogP contribution in [-0.2, 0) is 0 Å². The Labute approximate surface area is 90.5 Å². The van der Waals surface area contributed by atoms with Crippen LogP contribution in [0, 0.1) is 11.6 Å². The molecule has 0 atom stereocenters. The minimum atomic E-state index is -0.618. The van der Waals surface area contributed by atoms with Crippen LogP contribution in [0.4, 0.5) is 8.78 Å². The molecule has 0 radical (unpaired) electrons. The fourth-order valence-electron chi connectivity index (χ4n) is 1.63. The van der Waals surface area contributed by atoms with Gasteiger partial charge in [0.1, 0.15) is 17.5 Å². The van der Waals surface area contributed by atoms with E-state index in [4.69, 9.17) is 0 Å². The highest BCUT2D eigenvalue weighted by molar-refractivity contribution is 5.54. The lowest BCUT2D eigenvalue weighted by molar-refractivity contribution is 0.584. The summed E-state index contributed by atoms with van der Waals surface area (Å²) in [6, 6.07) is 3.28. The molecule has 0 bridgehead atoms. The van der Waals surface area contributed by atoms with Gasteiger partial charge in [0.2, 0.25) is 0 Å². The Bertz CT molecular complexity index is 512. The van der Waals surface area contributed by atoms with Crippen molar-refractivity contribution in [3.05, 3.63) is 35.7 Å². The van der Waals surface area contributed by atoms with Crippen molar-refractivity contribution in [3.8, 4) is 11.4 Å². The van der Waals surface area contributed by atoms with E-state index in [9.17, 15) is 8.78 Å². The maximum absolute atomic E-state index is 13.0. The molecule has 1 aromatic carbocycles. The lowest BCUT2D eigenvalue weighted by Crippen LogP contribution is -1.86. The van der Waals surface area contributed by atoms with Gasteiger partial charge in [0.05, 0.1) is 0 Å². The van der Waals surface area contributed by atoms with Gasteiger partial charge in [-0.2, -0.15) is 5.10 Å². The third-order valence-electron chi connectivity index (χ3n) is 2.59. The average molecular weight is 221 g/mol. The highest BCUT2D eigenvalue weighted by atomic mass is 19.1. The molecule has 1 aliphatic rings. The smallest absolute Gasteiger partial charge is 0.181 e. The summed E-state index contributed by atoms with van der Waals surface area (Å²) in [5.41, 5.74) is 0.362. The first kappa shape index (κ1) is 9.45. The van der Waals surface area contributed by atoms with E-state index in [1.807, 2.05) is 0 Å². The lowest BCUT2D eigenvalue weighted by Gasteiger charge is -1.96. The van der Waals surface area contributed by atoms with E-state index in [1.165, 1.54) is 12.1 Å². The summed E-state index contributed by atoms with van der Waals surface area (Å²) in [5.74, 6) is 0.361. The lowest BCUT2D eigenvalue weighted by atomic mass is 10.2. The van der Waals surface area contributed by atoms with Gasteiger partial charge >= 0.3 is 0 Å². The molecule has 1 saturated carbocycles. The van der Waals surface area contributed by atoms with Gasteiger partial charge in [0, 0.05) is 17.5 Å². The van der Waals surface area contributed by atoms with Crippen molar-refractivity contribution in [2.75, 3.05) is 0 Å². The molecule has 1 heterocycles. The van der Waals surface area contributed by atoms with Crippen LogP contribution in [-0.4, -0.2) is 15.2 Å². The second kappa shape index (κ2) is 3.37. The van der Waals surface area contributed by atoms with Crippen LogP contribution in [0.1, 0.15) is 24.6 Å². The third kappa shape index (κ3) is 1.68. The molecule has 2 aromatic rings. The van der Waals surface area contributed by atoms with Crippen molar-refractivity contribution < 1.29 is 8.78 Å². The number of nitrogens with one attached hydrogen (secondary N) is 1. The summed E-state index contributed by atoms with van der Waals surface area (Å²) in [7, 11) is 0. The second-order valence-corrected chi connectivity index (χ2v) is 3.98. The largest absolute Gasteiger partial charge is 0.262 e. The SMILES string of the molecule is Fc1cc(F)cc(-c2n[nH]c(C3CC3)n2)c1. The number of rotatable bonds is 2. The molecule has 0 saturated heterocycles. The van der Waals surface area contributed by atoms with Crippen LogP contribution in [0.3, 0.4) is 0 Å². The van der Waals surface area contributed by atoms with E-state index < -0.39 is 11.6 Å². The fourth-order valence-corrected chi connectivity index (χ4v) is 1.63. The molecule has 0 amide bonds. The molecule has 0 unspecified atom stereocenters. The number of halogens is 2. The van der Waals surface area contributed by atoms with Crippen LogP contribution in [0.15, 0.2) is 18.2 Å². The first-order chi connectivity index (χ1) is 7.72. The molecule has 3 rings (SSSR count). The first-order valence-corrected chi connectivity index (χ1v) is 5.11. The molecule has 3 nitrogen and oxygen atoms in total. The number of aromatic amines is 1. The quantitative estimate of drug-likeness (QED) is 0.846. The third-order valence-corrected chi connectivity index (χ3v) is 2.59. The van der Waals surface area contributed by atoms with E-state index in [2.05, 4.69) is 15.2 Å². The Balaban J connectivity index is 2.00. The van der Waals surface area contributed by atoms with Crippen molar-refractivity contribution in [3.63, 3.8) is 0 Å². The first-order valence-electron chi connectivity index (χ1n) is 5.11. The highest BCUT2D eigenvalue weighted by Crippen LogP contribution is 2.38. The van der Waals surface area contributed by atoms with Crippen molar-refractivity contribution >= 4 is 0 Å². The monoisotopic (exact) mass is 221 g/mol. The topological polar surface area (TPSA) is 41.6 Å². The standard InChI is InChI=1S/C11H9F2N3/c12-8-3-7(4-9(13)5-8)11-14-10(15-16-11)6-1-2-6/h3-6H,1-2H2,(H,14,15,16). The van der Waals surface area contributed by atoms with E-state index in [1.54, 1.807) is 0 Å². The number of H-pyrrole nitrogens is 1. The number of benzene rings is 1. The summed E-state index contributed by atoms with van der Waals surface area (Å²) < 4.78 is 26.0. The predicted molar refractivity (Wildman–Crippen MR) is 53.7 cm³/mol. The van der Waals surface area contributed by atoms with Gasteiger partial charge in [-0.15, -0.1) is 0 Å². The summed E-state index contributed by atoms with van der Waals surface area (Å²) >= 11 is 0. The average Bonchev–Trinajstić information content (AvgIpc) is 2.95. The zero-order chi connectivity index (χ0) is 11.1. The van der Waals surface area contributed by atoms with Crippen LogP contribution < -0.4 is 0 Å². The molecule has 1 fully saturated rings. The van der Waals surface area contributed by atoms with E-state index in [0.29, 0.717) is 17.3 Å². The maximum Gasteiger partial charge on any atom is 0.181 e. The molecule has 16 heavy (non-hydrogen) atoms. The van der Waals surface area contributed by atoms with Gasteiger partial charge in [-0.25, -0.2) is 13.8 Å². The molecular weight excluding hydrogens is 212 g/mol. The second-order valence-electron chi connectivity index (χ2n) is 3.98. The molecule has 1 aromatic heterocycles. The predicted octanol–water partition coefficient (Wildman–Crippen LogP) is 2.63. The molecule has 1 aliphatic carbocycles. The van der Waals surface area contributed by atoms with Gasteiger partial charge in [-0.1, -0.05) is 0 Å².